The van der Waals surface area contributed by atoms with Crippen LogP contribution in [0.4, 0.5) is 0 Å². The Kier molecular flexibility index (Phi) is 3.13. The van der Waals surface area contributed by atoms with Crippen molar-refractivity contribution >= 4 is 11.3 Å². The molecular weight excluding hydrogens is 274 g/mol. The van der Waals surface area contributed by atoms with Crippen molar-refractivity contribution in [2.24, 2.45) is 0 Å². The summed E-state index contributed by atoms with van der Waals surface area (Å²) in [5.74, 6) is 0. The van der Waals surface area contributed by atoms with Gasteiger partial charge in [0.05, 0.1) is 4.88 Å². The number of benzene rings is 2. The lowest BCUT2D eigenvalue weighted by Crippen LogP contribution is -2.85. The summed E-state index contributed by atoms with van der Waals surface area (Å²) in [4.78, 5) is 1.44. The van der Waals surface area contributed by atoms with Crippen molar-refractivity contribution in [3.8, 4) is 11.1 Å². The van der Waals surface area contributed by atoms with E-state index in [0.717, 1.165) is 0 Å². The molecule has 2 aromatic carbocycles. The van der Waals surface area contributed by atoms with Crippen LogP contribution in [0.2, 0.25) is 0 Å². The number of thiophene rings is 1. The van der Waals surface area contributed by atoms with Gasteiger partial charge < -0.3 is 5.32 Å². The molecule has 1 aromatic heterocycles. The highest BCUT2D eigenvalue weighted by molar-refractivity contribution is 7.10. The van der Waals surface area contributed by atoms with Crippen LogP contribution in [0, 0.1) is 0 Å². The highest BCUT2D eigenvalue weighted by Gasteiger charge is 2.32. The fourth-order valence-corrected chi connectivity index (χ4v) is 4.10. The minimum Gasteiger partial charge on any atom is -0.330 e. The van der Waals surface area contributed by atoms with Crippen molar-refractivity contribution in [3.05, 3.63) is 82.0 Å². The molecule has 0 fully saturated rings. The average molecular weight is 292 g/mol. The van der Waals surface area contributed by atoms with E-state index >= 15 is 0 Å². The molecule has 3 aromatic rings. The zero-order valence-corrected chi connectivity index (χ0v) is 12.8. The van der Waals surface area contributed by atoms with Gasteiger partial charge in [-0.1, -0.05) is 54.6 Å². The number of hydrogen-bond acceptors (Lipinski definition) is 1. The molecule has 1 heterocycles. The Morgan fingerprint density at radius 2 is 1.48 bits per heavy atom. The van der Waals surface area contributed by atoms with Crippen molar-refractivity contribution in [2.45, 2.75) is 19.0 Å². The Hall–Kier alpha value is -1.90. The van der Waals surface area contributed by atoms with Gasteiger partial charge in [-0.25, -0.2) is 0 Å². The molecule has 0 radical (unpaired) electrons. The molecule has 104 valence electrons. The van der Waals surface area contributed by atoms with E-state index in [4.69, 9.17) is 0 Å². The topological polar surface area (TPSA) is 16.6 Å². The van der Waals surface area contributed by atoms with E-state index in [-0.39, 0.29) is 0 Å². The molecule has 0 spiro atoms. The molecule has 0 saturated heterocycles. The van der Waals surface area contributed by atoms with Gasteiger partial charge in [0, 0.05) is 11.1 Å². The van der Waals surface area contributed by atoms with Crippen molar-refractivity contribution in [3.63, 3.8) is 0 Å². The molecule has 2 heteroatoms. The second kappa shape index (κ2) is 5.14. The van der Waals surface area contributed by atoms with Gasteiger partial charge in [-0.15, -0.1) is 11.3 Å². The van der Waals surface area contributed by atoms with Crippen LogP contribution in [0.3, 0.4) is 0 Å². The Morgan fingerprint density at radius 3 is 2.05 bits per heavy atom. The number of fused-ring (bicyclic) bond motifs is 3. The smallest absolute Gasteiger partial charge is 0.139 e. The van der Waals surface area contributed by atoms with Gasteiger partial charge in [-0.2, -0.15) is 0 Å². The predicted molar refractivity (Wildman–Crippen MR) is 88.4 cm³/mol. The molecule has 1 nitrogen and oxygen atoms in total. The van der Waals surface area contributed by atoms with E-state index in [1.165, 1.54) is 27.1 Å². The van der Waals surface area contributed by atoms with E-state index in [1.54, 1.807) is 0 Å². The van der Waals surface area contributed by atoms with Gasteiger partial charge in [0.25, 0.3) is 0 Å². The van der Waals surface area contributed by atoms with Crippen LogP contribution in [0.1, 0.15) is 35.0 Å². The Morgan fingerprint density at radius 1 is 0.857 bits per heavy atom. The molecule has 1 aliphatic carbocycles. The monoisotopic (exact) mass is 292 g/mol. The van der Waals surface area contributed by atoms with Gasteiger partial charge in [0.1, 0.15) is 12.1 Å². The highest BCUT2D eigenvalue weighted by atomic mass is 32.1. The predicted octanol–water partition coefficient (Wildman–Crippen LogP) is 4.14. The second-order valence-corrected chi connectivity index (χ2v) is 6.63. The van der Waals surface area contributed by atoms with Crippen molar-refractivity contribution in [1.29, 1.82) is 0 Å². The Balaban J connectivity index is 1.75. The fraction of sp³-hybridized carbons (Fsp3) is 0.158. The maximum atomic E-state index is 2.50. The highest BCUT2D eigenvalue weighted by Crippen LogP contribution is 2.41. The third-order valence-corrected chi connectivity index (χ3v) is 5.43. The summed E-state index contributed by atoms with van der Waals surface area (Å²) in [5, 5.41) is 4.66. The van der Waals surface area contributed by atoms with Crippen LogP contribution in [-0.4, -0.2) is 0 Å². The quantitative estimate of drug-likeness (QED) is 0.747. The van der Waals surface area contributed by atoms with Crippen LogP contribution in [0.5, 0.6) is 0 Å². The minimum absolute atomic E-state index is 0.412. The van der Waals surface area contributed by atoms with Crippen LogP contribution >= 0.6 is 11.3 Å². The molecule has 21 heavy (non-hydrogen) atoms. The molecule has 4 rings (SSSR count). The van der Waals surface area contributed by atoms with E-state index in [1.807, 2.05) is 11.3 Å². The Bertz CT molecular complexity index is 715. The van der Waals surface area contributed by atoms with E-state index in [2.05, 4.69) is 78.3 Å². The van der Waals surface area contributed by atoms with E-state index in [0.29, 0.717) is 12.1 Å². The number of nitrogens with two attached hydrogens (primary N) is 1. The first-order valence-electron chi connectivity index (χ1n) is 7.41. The standard InChI is InChI=1S/C19H17NS/c1-13(18-11-6-12-21-18)20-19-16-9-4-2-7-14(16)15-8-3-5-10-17(15)19/h2-13,19-20H,1H3/p+1/t13-/m1/s1. The molecule has 0 bridgehead atoms. The van der Waals surface area contributed by atoms with Gasteiger partial charge in [0.2, 0.25) is 0 Å². The first kappa shape index (κ1) is 12.8. The number of rotatable bonds is 3. The second-order valence-electron chi connectivity index (χ2n) is 5.65. The molecule has 1 atom stereocenters. The lowest BCUT2D eigenvalue weighted by Gasteiger charge is -2.17. The fourth-order valence-electron chi connectivity index (χ4n) is 3.34. The molecule has 0 saturated carbocycles. The lowest BCUT2D eigenvalue weighted by molar-refractivity contribution is -0.722. The molecule has 0 aliphatic heterocycles. The van der Waals surface area contributed by atoms with E-state index < -0.39 is 0 Å². The van der Waals surface area contributed by atoms with Crippen molar-refractivity contribution in [2.75, 3.05) is 0 Å². The summed E-state index contributed by atoms with van der Waals surface area (Å²) in [5.41, 5.74) is 5.68. The van der Waals surface area contributed by atoms with Crippen LogP contribution < -0.4 is 5.32 Å². The van der Waals surface area contributed by atoms with Gasteiger partial charge in [0.15, 0.2) is 0 Å². The molecule has 2 N–H and O–H groups in total. The van der Waals surface area contributed by atoms with Crippen LogP contribution in [0.25, 0.3) is 11.1 Å². The third-order valence-electron chi connectivity index (χ3n) is 4.35. The zero-order valence-electron chi connectivity index (χ0n) is 12.0. The summed E-state index contributed by atoms with van der Waals surface area (Å²) in [7, 11) is 0. The van der Waals surface area contributed by atoms with Crippen molar-refractivity contribution < 1.29 is 5.32 Å². The number of quaternary nitrogens is 1. The van der Waals surface area contributed by atoms with Crippen LogP contribution in [0.15, 0.2) is 66.0 Å². The minimum atomic E-state index is 0.412. The normalized spacial score (nSPS) is 14.7. The molecular formula is C19H18NS+. The number of hydrogen-bond donors (Lipinski definition) is 1. The first-order chi connectivity index (χ1) is 10.3. The third kappa shape index (κ3) is 2.11. The Labute approximate surface area is 129 Å². The average Bonchev–Trinajstić information content (AvgIpc) is 3.15. The summed E-state index contributed by atoms with van der Waals surface area (Å²) >= 11 is 1.85. The van der Waals surface area contributed by atoms with Crippen LogP contribution in [-0.2, 0) is 0 Å². The molecule has 0 unspecified atom stereocenters. The SMILES string of the molecule is C[C@@H]([NH2+]C1c2ccccc2-c2ccccc21)c1cccs1. The molecule has 1 aliphatic rings. The van der Waals surface area contributed by atoms with Gasteiger partial charge in [-0.05, 0) is 29.5 Å². The summed E-state index contributed by atoms with van der Waals surface area (Å²) in [6.45, 7) is 2.30. The zero-order chi connectivity index (χ0) is 14.2. The molecule has 0 amide bonds. The van der Waals surface area contributed by atoms with Gasteiger partial charge in [-0.3, -0.25) is 0 Å². The van der Waals surface area contributed by atoms with Gasteiger partial charge >= 0.3 is 0 Å². The summed E-state index contributed by atoms with van der Waals surface area (Å²) in [6, 6.07) is 22.9. The lowest BCUT2D eigenvalue weighted by atomic mass is 10.0. The summed E-state index contributed by atoms with van der Waals surface area (Å²) in [6.07, 6.45) is 0. The maximum absolute atomic E-state index is 2.50. The van der Waals surface area contributed by atoms with E-state index in [9.17, 15) is 0 Å². The summed E-state index contributed by atoms with van der Waals surface area (Å²) < 4.78 is 0. The van der Waals surface area contributed by atoms with Crippen molar-refractivity contribution in [1.82, 2.24) is 0 Å². The maximum Gasteiger partial charge on any atom is 0.139 e. The largest absolute Gasteiger partial charge is 0.330 e. The first-order valence-corrected chi connectivity index (χ1v) is 8.29.